The second-order valence-electron chi connectivity index (χ2n) is 4.66. The van der Waals surface area contributed by atoms with Gasteiger partial charge in [0.25, 0.3) is 0 Å². The lowest BCUT2D eigenvalue weighted by atomic mass is 10.2. The summed E-state index contributed by atoms with van der Waals surface area (Å²) in [5, 5.41) is 2.57. The van der Waals surface area contributed by atoms with Crippen LogP contribution in [0.15, 0.2) is 35.7 Å². The summed E-state index contributed by atoms with van der Waals surface area (Å²) in [6.45, 7) is 7.24. The van der Waals surface area contributed by atoms with Crippen LogP contribution < -0.4 is 10.1 Å². The van der Waals surface area contributed by atoms with Gasteiger partial charge in [0.05, 0.1) is 18.6 Å². The highest BCUT2D eigenvalue weighted by Gasteiger charge is 2.25. The number of nitrogens with zero attached hydrogens (tertiary/aromatic N) is 1. The van der Waals surface area contributed by atoms with Crippen molar-refractivity contribution in [2.24, 2.45) is 0 Å². The van der Waals surface area contributed by atoms with E-state index in [1.165, 1.54) is 19.3 Å². The number of methoxy groups -OCH3 is 1. The molecular weight excluding hydrogens is 304 g/mol. The fourth-order valence-corrected chi connectivity index (χ4v) is 3.42. The number of carbonyl (C=O) groups excluding carboxylic acids is 1. The topological polar surface area (TPSA) is 75.7 Å². The molecule has 0 aliphatic heterocycles. The van der Waals surface area contributed by atoms with Crippen LogP contribution in [0.25, 0.3) is 0 Å². The molecule has 0 saturated heterocycles. The average molecular weight is 326 g/mol. The van der Waals surface area contributed by atoms with E-state index in [0.717, 1.165) is 9.87 Å². The Bertz CT molecular complexity index is 641. The molecule has 0 aromatic heterocycles. The number of aryl methyl sites for hydroxylation is 1. The van der Waals surface area contributed by atoms with Crippen molar-refractivity contribution < 1.29 is 17.9 Å². The molecule has 0 spiro atoms. The molecule has 0 fully saturated rings. The van der Waals surface area contributed by atoms with E-state index >= 15 is 0 Å². The van der Waals surface area contributed by atoms with E-state index in [-0.39, 0.29) is 23.9 Å². The molecule has 0 aliphatic carbocycles. The van der Waals surface area contributed by atoms with Crippen molar-refractivity contribution >= 4 is 15.9 Å². The molecule has 22 heavy (non-hydrogen) atoms. The summed E-state index contributed by atoms with van der Waals surface area (Å²) in [5.41, 5.74) is 0.718. The Morgan fingerprint density at radius 2 is 2.14 bits per heavy atom. The number of carbonyl (C=O) groups is 1. The Balaban J connectivity index is 3.01. The minimum Gasteiger partial charge on any atom is -0.496 e. The Hall–Kier alpha value is -1.86. The van der Waals surface area contributed by atoms with Crippen molar-refractivity contribution in [1.82, 2.24) is 9.62 Å². The molecule has 1 amide bonds. The minimum atomic E-state index is -3.73. The monoisotopic (exact) mass is 326 g/mol. The first-order chi connectivity index (χ1) is 10.4. The summed E-state index contributed by atoms with van der Waals surface area (Å²) in [4.78, 5) is 11.9. The summed E-state index contributed by atoms with van der Waals surface area (Å²) in [6.07, 6.45) is 1.54. The van der Waals surface area contributed by atoms with Crippen LogP contribution in [0.4, 0.5) is 0 Å². The van der Waals surface area contributed by atoms with Gasteiger partial charge in [-0.2, -0.15) is 4.31 Å². The van der Waals surface area contributed by atoms with Gasteiger partial charge in [0.15, 0.2) is 0 Å². The highest BCUT2D eigenvalue weighted by atomic mass is 32.2. The van der Waals surface area contributed by atoms with E-state index in [1.807, 2.05) is 0 Å². The van der Waals surface area contributed by atoms with E-state index in [9.17, 15) is 13.2 Å². The first kappa shape index (κ1) is 18.2. The van der Waals surface area contributed by atoms with Crippen LogP contribution >= 0.6 is 0 Å². The molecule has 1 aromatic rings. The lowest BCUT2D eigenvalue weighted by Crippen LogP contribution is -2.40. The quantitative estimate of drug-likeness (QED) is 0.731. The van der Waals surface area contributed by atoms with Gasteiger partial charge in [-0.15, -0.1) is 6.58 Å². The molecule has 0 atom stereocenters. The predicted molar refractivity (Wildman–Crippen MR) is 85.4 cm³/mol. The molecule has 0 saturated carbocycles. The molecule has 6 nitrogen and oxygen atoms in total. The SMILES string of the molecule is C=CCNC(=O)CN(CC)S(=O)(=O)c1ccc(OC)c(C)c1. The highest BCUT2D eigenvalue weighted by molar-refractivity contribution is 7.89. The maximum atomic E-state index is 12.6. The summed E-state index contributed by atoms with van der Waals surface area (Å²) >= 11 is 0. The van der Waals surface area contributed by atoms with Crippen LogP contribution in [0.1, 0.15) is 12.5 Å². The van der Waals surface area contributed by atoms with Crippen molar-refractivity contribution in [3.8, 4) is 5.75 Å². The Labute approximate surface area is 131 Å². The van der Waals surface area contributed by atoms with E-state index in [2.05, 4.69) is 11.9 Å². The maximum absolute atomic E-state index is 12.6. The number of sulfonamides is 1. The first-order valence-corrected chi connectivity index (χ1v) is 8.33. The molecule has 1 aromatic carbocycles. The van der Waals surface area contributed by atoms with Crippen molar-refractivity contribution in [1.29, 1.82) is 0 Å². The van der Waals surface area contributed by atoms with Gasteiger partial charge in [-0.25, -0.2) is 8.42 Å². The molecule has 1 N–H and O–H groups in total. The van der Waals surface area contributed by atoms with Crippen LogP contribution in [-0.4, -0.2) is 45.4 Å². The number of nitrogens with one attached hydrogen (secondary N) is 1. The average Bonchev–Trinajstić information content (AvgIpc) is 2.50. The van der Waals surface area contributed by atoms with Crippen molar-refractivity contribution in [2.45, 2.75) is 18.7 Å². The number of rotatable bonds is 8. The molecular formula is C15H22N2O4S. The summed E-state index contributed by atoms with van der Waals surface area (Å²) in [6, 6.07) is 4.62. The van der Waals surface area contributed by atoms with Gasteiger partial charge >= 0.3 is 0 Å². The van der Waals surface area contributed by atoms with Crippen molar-refractivity contribution in [3.05, 3.63) is 36.4 Å². The number of likely N-dealkylation sites (N-methyl/N-ethyl adjacent to an activating group) is 1. The predicted octanol–water partition coefficient (Wildman–Crippen LogP) is 1.32. The zero-order valence-electron chi connectivity index (χ0n) is 13.1. The third-order valence-electron chi connectivity index (χ3n) is 3.12. The molecule has 7 heteroatoms. The molecule has 0 heterocycles. The second-order valence-corrected chi connectivity index (χ2v) is 6.59. The zero-order chi connectivity index (χ0) is 16.8. The number of ether oxygens (including phenoxy) is 1. The Morgan fingerprint density at radius 1 is 1.45 bits per heavy atom. The summed E-state index contributed by atoms with van der Waals surface area (Å²) < 4.78 is 31.5. The normalized spacial score (nSPS) is 11.3. The van der Waals surface area contributed by atoms with Gasteiger partial charge in [0.2, 0.25) is 15.9 Å². The van der Waals surface area contributed by atoms with Gasteiger partial charge in [-0.05, 0) is 30.7 Å². The standard InChI is InChI=1S/C15H22N2O4S/c1-5-9-16-15(18)11-17(6-2)22(19,20)13-7-8-14(21-4)12(3)10-13/h5,7-8,10H,1,6,9,11H2,2-4H3,(H,16,18). The van der Waals surface area contributed by atoms with E-state index in [1.54, 1.807) is 26.0 Å². The smallest absolute Gasteiger partial charge is 0.243 e. The number of amides is 1. The van der Waals surface area contributed by atoms with Crippen molar-refractivity contribution in [3.63, 3.8) is 0 Å². The molecule has 0 aliphatic rings. The van der Waals surface area contributed by atoms with Gasteiger partial charge in [-0.1, -0.05) is 13.0 Å². The van der Waals surface area contributed by atoms with Crippen LogP contribution in [0.5, 0.6) is 5.75 Å². The third-order valence-corrected chi connectivity index (χ3v) is 5.04. The number of hydrogen-bond donors (Lipinski definition) is 1. The lowest BCUT2D eigenvalue weighted by Gasteiger charge is -2.20. The summed E-state index contributed by atoms with van der Waals surface area (Å²) in [7, 11) is -2.20. The van der Waals surface area contributed by atoms with Crippen LogP contribution in [0.2, 0.25) is 0 Å². The molecule has 122 valence electrons. The van der Waals surface area contributed by atoms with E-state index < -0.39 is 10.0 Å². The Morgan fingerprint density at radius 3 is 2.64 bits per heavy atom. The number of benzene rings is 1. The van der Waals surface area contributed by atoms with Crippen molar-refractivity contribution in [2.75, 3.05) is 26.7 Å². The largest absolute Gasteiger partial charge is 0.496 e. The molecule has 0 bridgehead atoms. The van der Waals surface area contributed by atoms with Gasteiger partial charge in [-0.3, -0.25) is 4.79 Å². The van der Waals surface area contributed by atoms with Gasteiger partial charge in [0, 0.05) is 13.1 Å². The van der Waals surface area contributed by atoms with Crippen LogP contribution in [-0.2, 0) is 14.8 Å². The van der Waals surface area contributed by atoms with Gasteiger partial charge < -0.3 is 10.1 Å². The molecule has 1 rings (SSSR count). The first-order valence-electron chi connectivity index (χ1n) is 6.89. The fourth-order valence-electron chi connectivity index (χ4n) is 1.93. The molecule has 0 unspecified atom stereocenters. The fraction of sp³-hybridized carbons (Fsp3) is 0.400. The maximum Gasteiger partial charge on any atom is 0.243 e. The zero-order valence-corrected chi connectivity index (χ0v) is 13.9. The minimum absolute atomic E-state index is 0.143. The van der Waals surface area contributed by atoms with Crippen LogP contribution in [0.3, 0.4) is 0 Å². The second kappa shape index (κ2) is 7.95. The lowest BCUT2D eigenvalue weighted by molar-refractivity contribution is -0.121. The van der Waals surface area contributed by atoms with Gasteiger partial charge in [0.1, 0.15) is 5.75 Å². The Kier molecular flexibility index (Phi) is 6.58. The third kappa shape index (κ3) is 4.32. The van der Waals surface area contributed by atoms with E-state index in [4.69, 9.17) is 4.74 Å². The van der Waals surface area contributed by atoms with Crippen LogP contribution in [0, 0.1) is 6.92 Å². The summed E-state index contributed by atoms with van der Waals surface area (Å²) in [5.74, 6) is 0.251. The number of hydrogen-bond acceptors (Lipinski definition) is 4. The molecule has 0 radical (unpaired) electrons. The highest BCUT2D eigenvalue weighted by Crippen LogP contribution is 2.23. The van der Waals surface area contributed by atoms with E-state index in [0.29, 0.717) is 12.3 Å².